The van der Waals surface area contributed by atoms with Crippen molar-refractivity contribution in [1.29, 1.82) is 5.26 Å². The average Bonchev–Trinajstić information content (AvgIpc) is 3.07. The van der Waals surface area contributed by atoms with Crippen LogP contribution in [0, 0.1) is 17.1 Å². The molecule has 0 fully saturated rings. The minimum Gasteiger partial charge on any atom is -0.456 e. The zero-order valence-electron chi connectivity index (χ0n) is 15.8. The molecule has 0 aromatic heterocycles. The van der Waals surface area contributed by atoms with Crippen LogP contribution in [0.5, 0.6) is 11.5 Å². The number of halogens is 1. The summed E-state index contributed by atoms with van der Waals surface area (Å²) < 4.78 is 43.9. The van der Waals surface area contributed by atoms with E-state index in [0.29, 0.717) is 30.7 Å². The predicted molar refractivity (Wildman–Crippen MR) is 105 cm³/mol. The number of fused-ring (bicyclic) bond motifs is 1. The fourth-order valence-electron chi connectivity index (χ4n) is 3.27. The Hall–Kier alpha value is -2.72. The van der Waals surface area contributed by atoms with E-state index in [1.807, 2.05) is 6.07 Å². The van der Waals surface area contributed by atoms with Gasteiger partial charge in [0, 0.05) is 29.6 Å². The molecule has 1 aliphatic rings. The number of hydrogen-bond donors (Lipinski definition) is 0. The first kappa shape index (κ1) is 20.0. The third-order valence-corrected chi connectivity index (χ3v) is 5.77. The third-order valence-electron chi connectivity index (χ3n) is 4.63. The summed E-state index contributed by atoms with van der Waals surface area (Å²) in [4.78, 5) is 4.85. The molecule has 28 heavy (non-hydrogen) atoms. The first-order valence-corrected chi connectivity index (χ1v) is 11.0. The molecule has 0 saturated carbocycles. The van der Waals surface area contributed by atoms with Gasteiger partial charge < -0.3 is 4.74 Å². The fourth-order valence-corrected chi connectivity index (χ4v) is 4.20. The third kappa shape index (κ3) is 4.07. The van der Waals surface area contributed by atoms with Crippen LogP contribution in [0.2, 0.25) is 0 Å². The van der Waals surface area contributed by atoms with E-state index in [2.05, 4.69) is 11.9 Å². The summed E-state index contributed by atoms with van der Waals surface area (Å²) in [5.41, 5.74) is 2.22. The van der Waals surface area contributed by atoms with E-state index in [-0.39, 0.29) is 16.2 Å². The van der Waals surface area contributed by atoms with Crippen molar-refractivity contribution in [2.75, 3.05) is 12.8 Å². The zero-order chi connectivity index (χ0) is 20.3. The van der Waals surface area contributed by atoms with Gasteiger partial charge >= 0.3 is 0 Å². The number of ether oxygens (including phenoxy) is 1. The van der Waals surface area contributed by atoms with Gasteiger partial charge in [-0.05, 0) is 49.6 Å². The molecule has 5 nitrogen and oxygen atoms in total. The quantitative estimate of drug-likeness (QED) is 0.672. The summed E-state index contributed by atoms with van der Waals surface area (Å²) in [5.74, 6) is 0.174. The molecule has 2 aromatic rings. The maximum absolute atomic E-state index is 13.4. The standard InChI is InChI=1S/C21H21FN2O3S/c1-3-4-11-24-17-7-6-16-19(9-10-20(21(16)17)28(2,25)26)27-18-8-5-15(22)12-14(18)13-23/h5,8-10,12H,3-4,6-7,11H2,1-2H3. The van der Waals surface area contributed by atoms with E-state index in [9.17, 15) is 18.1 Å². The highest BCUT2D eigenvalue weighted by Gasteiger charge is 2.29. The predicted octanol–water partition coefficient (Wildman–Crippen LogP) is 4.43. The van der Waals surface area contributed by atoms with Crippen LogP contribution in [0.25, 0.3) is 0 Å². The summed E-state index contributed by atoms with van der Waals surface area (Å²) in [5, 5.41) is 9.23. The highest BCUT2D eigenvalue weighted by molar-refractivity contribution is 7.90. The van der Waals surface area contributed by atoms with E-state index in [1.54, 1.807) is 6.07 Å². The Labute approximate surface area is 164 Å². The molecule has 0 spiro atoms. The van der Waals surface area contributed by atoms with Crippen LogP contribution in [0.15, 0.2) is 40.2 Å². The molecule has 0 saturated heterocycles. The Morgan fingerprint density at radius 3 is 2.64 bits per heavy atom. The molecule has 7 heteroatoms. The van der Waals surface area contributed by atoms with Gasteiger partial charge in [-0.2, -0.15) is 5.26 Å². The first-order valence-electron chi connectivity index (χ1n) is 9.12. The van der Waals surface area contributed by atoms with Crippen LogP contribution in [0.4, 0.5) is 4.39 Å². The van der Waals surface area contributed by atoms with Crippen LogP contribution in [-0.4, -0.2) is 26.9 Å². The maximum Gasteiger partial charge on any atom is 0.176 e. The lowest BCUT2D eigenvalue weighted by Gasteiger charge is -2.14. The zero-order valence-corrected chi connectivity index (χ0v) is 16.6. The SMILES string of the molecule is CCCCN=C1CCc2c(Oc3ccc(F)cc3C#N)ccc(S(C)(=O)=O)c21. The molecule has 146 valence electrons. The summed E-state index contributed by atoms with van der Waals surface area (Å²) in [6.07, 6.45) is 4.36. The molecule has 0 atom stereocenters. The molecule has 0 amide bonds. The molecule has 0 N–H and O–H groups in total. The maximum atomic E-state index is 13.4. The minimum atomic E-state index is -3.44. The normalized spacial score (nSPS) is 14.7. The van der Waals surface area contributed by atoms with Gasteiger partial charge in [-0.15, -0.1) is 0 Å². The van der Waals surface area contributed by atoms with Crippen LogP contribution in [0.3, 0.4) is 0 Å². The molecule has 2 aromatic carbocycles. The molecule has 0 bridgehead atoms. The van der Waals surface area contributed by atoms with Crippen LogP contribution in [-0.2, 0) is 16.3 Å². The van der Waals surface area contributed by atoms with Gasteiger partial charge in [0.1, 0.15) is 23.4 Å². The Kier molecular flexibility index (Phi) is 5.80. The fraction of sp³-hybridized carbons (Fsp3) is 0.333. The summed E-state index contributed by atoms with van der Waals surface area (Å²) in [7, 11) is -3.44. The van der Waals surface area contributed by atoms with E-state index in [1.165, 1.54) is 24.5 Å². The summed E-state index contributed by atoms with van der Waals surface area (Å²) >= 11 is 0. The van der Waals surface area contributed by atoms with Gasteiger partial charge in [0.05, 0.1) is 10.5 Å². The first-order chi connectivity index (χ1) is 13.3. The second kappa shape index (κ2) is 8.11. The van der Waals surface area contributed by atoms with Crippen molar-refractivity contribution >= 4 is 15.5 Å². The highest BCUT2D eigenvalue weighted by Crippen LogP contribution is 2.38. The van der Waals surface area contributed by atoms with Crippen molar-refractivity contribution in [2.45, 2.75) is 37.5 Å². The van der Waals surface area contributed by atoms with Crippen LogP contribution >= 0.6 is 0 Å². The second-order valence-electron chi connectivity index (χ2n) is 6.72. The monoisotopic (exact) mass is 400 g/mol. The molecular formula is C21H21FN2O3S. The molecule has 1 aliphatic carbocycles. The van der Waals surface area contributed by atoms with Crippen molar-refractivity contribution in [2.24, 2.45) is 4.99 Å². The van der Waals surface area contributed by atoms with Gasteiger partial charge in [0.2, 0.25) is 0 Å². The molecule has 0 unspecified atom stereocenters. The topological polar surface area (TPSA) is 79.5 Å². The number of rotatable bonds is 6. The summed E-state index contributed by atoms with van der Waals surface area (Å²) in [6, 6.07) is 8.75. The van der Waals surface area contributed by atoms with Crippen molar-refractivity contribution in [1.82, 2.24) is 0 Å². The lowest BCUT2D eigenvalue weighted by Crippen LogP contribution is -2.08. The van der Waals surface area contributed by atoms with Gasteiger partial charge in [0.25, 0.3) is 0 Å². The lowest BCUT2D eigenvalue weighted by atomic mass is 10.1. The summed E-state index contributed by atoms with van der Waals surface area (Å²) in [6.45, 7) is 2.72. The number of aliphatic imine (C=N–C) groups is 1. The van der Waals surface area contributed by atoms with Gasteiger partial charge in [-0.25, -0.2) is 12.8 Å². The number of hydrogen-bond acceptors (Lipinski definition) is 5. The molecule has 0 aliphatic heterocycles. The average molecular weight is 400 g/mol. The van der Waals surface area contributed by atoms with Gasteiger partial charge in [-0.1, -0.05) is 13.3 Å². The molecular weight excluding hydrogens is 379 g/mol. The minimum absolute atomic E-state index is 0.0794. The van der Waals surface area contributed by atoms with Gasteiger partial charge in [0.15, 0.2) is 9.84 Å². The van der Waals surface area contributed by atoms with Crippen LogP contribution in [0.1, 0.15) is 42.9 Å². The van der Waals surface area contributed by atoms with Crippen molar-refractivity contribution < 1.29 is 17.5 Å². The Bertz CT molecular complexity index is 1090. The van der Waals surface area contributed by atoms with Crippen molar-refractivity contribution in [3.05, 3.63) is 52.8 Å². The highest BCUT2D eigenvalue weighted by atomic mass is 32.2. The van der Waals surface area contributed by atoms with Gasteiger partial charge in [-0.3, -0.25) is 4.99 Å². The van der Waals surface area contributed by atoms with Crippen molar-refractivity contribution in [3.8, 4) is 17.6 Å². The number of unbranched alkanes of at least 4 members (excludes halogenated alkanes) is 1. The van der Waals surface area contributed by atoms with E-state index in [0.717, 1.165) is 30.2 Å². The molecule has 3 rings (SSSR count). The second-order valence-corrected chi connectivity index (χ2v) is 8.71. The Morgan fingerprint density at radius 2 is 1.96 bits per heavy atom. The number of sulfone groups is 1. The largest absolute Gasteiger partial charge is 0.456 e. The number of nitriles is 1. The van der Waals surface area contributed by atoms with E-state index < -0.39 is 15.7 Å². The van der Waals surface area contributed by atoms with E-state index >= 15 is 0 Å². The van der Waals surface area contributed by atoms with Crippen molar-refractivity contribution in [3.63, 3.8) is 0 Å². The smallest absolute Gasteiger partial charge is 0.176 e. The van der Waals surface area contributed by atoms with E-state index in [4.69, 9.17) is 4.74 Å². The number of benzene rings is 2. The lowest BCUT2D eigenvalue weighted by molar-refractivity contribution is 0.473. The Morgan fingerprint density at radius 1 is 1.21 bits per heavy atom. The van der Waals surface area contributed by atoms with Crippen LogP contribution < -0.4 is 4.74 Å². The molecule has 0 heterocycles. The Balaban J connectivity index is 2.09. The number of nitrogens with zero attached hydrogens (tertiary/aromatic N) is 2. The molecule has 0 radical (unpaired) electrons.